The van der Waals surface area contributed by atoms with Gasteiger partial charge in [0.05, 0.1) is 19.4 Å². The Balaban J connectivity index is 4.59. The van der Waals surface area contributed by atoms with Crippen LogP contribution in [0.5, 0.6) is 0 Å². The van der Waals surface area contributed by atoms with E-state index in [9.17, 15) is 24.0 Å². The van der Waals surface area contributed by atoms with E-state index in [1.807, 2.05) is 44.6 Å². The van der Waals surface area contributed by atoms with Crippen molar-refractivity contribution in [1.82, 2.24) is 20.9 Å². The summed E-state index contributed by atoms with van der Waals surface area (Å²) in [6.45, 7) is 23.5. The lowest BCUT2D eigenvalue weighted by molar-refractivity contribution is -0.144. The van der Waals surface area contributed by atoms with Crippen LogP contribution in [0.1, 0.15) is 65.2 Å². The highest BCUT2D eigenvalue weighted by Crippen LogP contribution is 2.25. The van der Waals surface area contributed by atoms with Gasteiger partial charge in [-0.3, -0.25) is 28.9 Å². The molecule has 0 radical (unpaired) electrons. The molecule has 21 heteroatoms. The summed E-state index contributed by atoms with van der Waals surface area (Å²) in [4.78, 5) is 61.0. The van der Waals surface area contributed by atoms with Crippen molar-refractivity contribution in [3.8, 4) is 0 Å². The van der Waals surface area contributed by atoms with Gasteiger partial charge in [0.2, 0.25) is 11.8 Å². The molecule has 0 aliphatic carbocycles. The van der Waals surface area contributed by atoms with Gasteiger partial charge in [-0.1, -0.05) is 0 Å². The summed E-state index contributed by atoms with van der Waals surface area (Å²) in [6, 6.07) is 0. The van der Waals surface area contributed by atoms with Crippen molar-refractivity contribution < 1.29 is 59.7 Å². The predicted molar refractivity (Wildman–Crippen MR) is 227 cm³/mol. The summed E-state index contributed by atoms with van der Waals surface area (Å²) in [5, 5.41) is 8.82. The predicted octanol–water partition coefficient (Wildman–Crippen LogP) is 3.46. The van der Waals surface area contributed by atoms with Gasteiger partial charge in [-0.05, 0) is 85.0 Å². The zero-order valence-corrected chi connectivity index (χ0v) is 41.1. The molecule has 0 saturated heterocycles. The summed E-state index contributed by atoms with van der Waals surface area (Å²) in [7, 11) is -6.93. The minimum atomic E-state index is -2.84. The quantitative estimate of drug-likeness (QED) is 0.0367. The average molecular weight is 885 g/mol. The molecule has 0 rings (SSSR count). The minimum absolute atomic E-state index is 0.0653. The Kier molecular flexibility index (Phi) is 28.2. The first kappa shape index (κ1) is 54.9. The van der Waals surface area contributed by atoms with E-state index < -0.39 is 34.0 Å². The number of methoxy groups -OCH3 is 2. The molecule has 0 bridgehead atoms. The molecule has 17 nitrogen and oxygen atoms in total. The topological polar surface area (TPSA) is 199 Å². The molecule has 0 aliphatic heterocycles. The van der Waals surface area contributed by atoms with Crippen molar-refractivity contribution in [3.05, 3.63) is 0 Å². The number of carbonyl (C=O) groups is 5. The Hall–Kier alpha value is -2.06. The molecule has 2 atom stereocenters. The number of unbranched alkanes of at least 4 members (excludes halogenated alkanes) is 2. The van der Waals surface area contributed by atoms with Crippen LogP contribution in [-0.2, 0) is 59.7 Å². The fraction of sp³-hybridized carbons (Fsp3) is 0.861. The van der Waals surface area contributed by atoms with E-state index in [1.165, 1.54) is 14.0 Å². The van der Waals surface area contributed by atoms with Crippen molar-refractivity contribution in [2.24, 2.45) is 0 Å². The smallest absolute Gasteiger partial charge is 0.344 e. The standard InChI is InChI=1S/C36H76N4O13Si4/c1-31(50-55(8,9)52-57(12,30-46-3)53-56(10,11)51-54(5,6)7)29-40(25-27-48-32(2)41)26-28-49-36(45)20-16-14-18-34(43)39-24-22-37-21-23-38-33(42)17-13-15-19-35(44)47-4/h31,37H,13-30H2,1-12H3,(H,38,42)(H,39,43). The third-order valence-electron chi connectivity index (χ3n) is 7.81. The molecule has 334 valence electrons. The largest absolute Gasteiger partial charge is 0.469 e. The van der Waals surface area contributed by atoms with Crippen LogP contribution in [0, 0.1) is 0 Å². The Labute approximate surface area is 346 Å². The molecule has 3 N–H and O–H groups in total. The first-order valence-corrected chi connectivity index (χ1v) is 31.7. The highest BCUT2D eigenvalue weighted by Gasteiger charge is 2.47. The van der Waals surface area contributed by atoms with Crippen LogP contribution in [0.15, 0.2) is 0 Å². The SMILES string of the molecule is COC[Si](C)(O[Si](C)(C)OC(C)CN(CCOC(C)=O)CCOC(=O)CCCCC(=O)NCCNCCNC(=O)CCCCC(=O)OC)O[Si](C)(C)O[Si](C)(C)C. The Bertz CT molecular complexity index is 1200. The number of nitrogens with one attached hydrogen (secondary N) is 3. The van der Waals surface area contributed by atoms with E-state index in [0.717, 1.165) is 0 Å². The van der Waals surface area contributed by atoms with Gasteiger partial charge in [0.15, 0.2) is 8.32 Å². The van der Waals surface area contributed by atoms with Crippen molar-refractivity contribution in [2.75, 3.05) is 79.5 Å². The van der Waals surface area contributed by atoms with Gasteiger partial charge in [-0.15, -0.1) is 0 Å². The van der Waals surface area contributed by atoms with Gasteiger partial charge in [0, 0.05) is 85.5 Å². The van der Waals surface area contributed by atoms with Crippen molar-refractivity contribution >= 4 is 63.7 Å². The monoisotopic (exact) mass is 884 g/mol. The fourth-order valence-electron chi connectivity index (χ4n) is 6.12. The Morgan fingerprint density at radius 2 is 1.12 bits per heavy atom. The van der Waals surface area contributed by atoms with Crippen LogP contribution < -0.4 is 16.0 Å². The molecule has 0 aromatic rings. The van der Waals surface area contributed by atoms with E-state index in [4.69, 9.17) is 31.0 Å². The summed E-state index contributed by atoms with van der Waals surface area (Å²) in [5.74, 6) is -1.15. The van der Waals surface area contributed by atoms with Crippen molar-refractivity contribution in [2.45, 2.75) is 124 Å². The summed E-state index contributed by atoms with van der Waals surface area (Å²) < 4.78 is 47.1. The molecule has 2 amide bonds. The van der Waals surface area contributed by atoms with E-state index in [2.05, 4.69) is 40.3 Å². The highest BCUT2D eigenvalue weighted by atomic mass is 28.5. The maximum atomic E-state index is 12.5. The third kappa shape index (κ3) is 32.5. The zero-order chi connectivity index (χ0) is 43.5. The first-order chi connectivity index (χ1) is 26.5. The van der Waals surface area contributed by atoms with Gasteiger partial charge in [0.1, 0.15) is 13.2 Å². The number of ether oxygens (including phenoxy) is 4. The Morgan fingerprint density at radius 3 is 1.61 bits per heavy atom. The molecule has 0 saturated carbocycles. The molecule has 0 aliphatic rings. The minimum Gasteiger partial charge on any atom is -0.469 e. The summed E-state index contributed by atoms with van der Waals surface area (Å²) in [5.41, 5.74) is 0. The molecule has 0 aromatic heterocycles. The van der Waals surface area contributed by atoms with Crippen LogP contribution in [-0.4, -0.2) is 154 Å². The molecule has 0 fully saturated rings. The van der Waals surface area contributed by atoms with Gasteiger partial charge in [-0.25, -0.2) is 0 Å². The van der Waals surface area contributed by atoms with Gasteiger partial charge >= 0.3 is 43.6 Å². The number of esters is 3. The lowest BCUT2D eigenvalue weighted by atomic mass is 10.2. The van der Waals surface area contributed by atoms with E-state index in [1.54, 1.807) is 7.11 Å². The lowest BCUT2D eigenvalue weighted by Gasteiger charge is -2.42. The molecular weight excluding hydrogens is 809 g/mol. The first-order valence-electron chi connectivity index (χ1n) is 20.1. The second-order valence-corrected chi connectivity index (χ2v) is 31.1. The number of nitrogens with zero attached hydrogens (tertiary/aromatic N) is 1. The number of hydrogen-bond acceptors (Lipinski definition) is 15. The highest BCUT2D eigenvalue weighted by molar-refractivity contribution is 6.88. The second kappa shape index (κ2) is 29.2. The molecular formula is C36H76N4O13Si4. The normalized spacial score (nSPS) is 13.8. The molecule has 0 aromatic carbocycles. The zero-order valence-electron chi connectivity index (χ0n) is 37.1. The molecule has 2 unspecified atom stereocenters. The van der Waals surface area contributed by atoms with Gasteiger partial charge < -0.3 is 51.7 Å². The number of amides is 2. The van der Waals surface area contributed by atoms with E-state index in [0.29, 0.717) is 97.0 Å². The maximum Gasteiger partial charge on any atom is 0.344 e. The summed E-state index contributed by atoms with van der Waals surface area (Å²) in [6.07, 6.45) is 3.57. The average Bonchev–Trinajstić information content (AvgIpc) is 3.05. The number of rotatable bonds is 34. The third-order valence-corrected chi connectivity index (χ3v) is 21.4. The van der Waals surface area contributed by atoms with Crippen LogP contribution in [0.25, 0.3) is 0 Å². The van der Waals surface area contributed by atoms with Crippen LogP contribution in [0.2, 0.25) is 52.4 Å². The second-order valence-electron chi connectivity index (χ2n) is 16.0. The van der Waals surface area contributed by atoms with Crippen LogP contribution in [0.4, 0.5) is 0 Å². The lowest BCUT2D eigenvalue weighted by Crippen LogP contribution is -2.60. The number of carbonyl (C=O) groups excluding carboxylic acids is 5. The van der Waals surface area contributed by atoms with Crippen molar-refractivity contribution in [3.63, 3.8) is 0 Å². The maximum absolute atomic E-state index is 12.5. The fourth-order valence-corrected chi connectivity index (χ4v) is 23.7. The Morgan fingerprint density at radius 1 is 0.632 bits per heavy atom. The molecule has 0 heterocycles. The van der Waals surface area contributed by atoms with Crippen molar-refractivity contribution in [1.29, 1.82) is 0 Å². The number of hydrogen-bond donors (Lipinski definition) is 3. The van der Waals surface area contributed by atoms with E-state index in [-0.39, 0.29) is 55.5 Å². The van der Waals surface area contributed by atoms with Gasteiger partial charge in [0.25, 0.3) is 0 Å². The van der Waals surface area contributed by atoms with Crippen LogP contribution >= 0.6 is 0 Å². The van der Waals surface area contributed by atoms with Gasteiger partial charge in [-0.2, -0.15) is 0 Å². The summed E-state index contributed by atoms with van der Waals surface area (Å²) >= 11 is 0. The van der Waals surface area contributed by atoms with E-state index >= 15 is 0 Å². The molecule has 0 spiro atoms. The molecule has 57 heavy (non-hydrogen) atoms. The van der Waals surface area contributed by atoms with Crippen LogP contribution in [0.3, 0.4) is 0 Å².